The standard InChI is InChI=1S/C35H40N6O4/c1-23-9-12-27(13-10-23)41-32(21-31(39-41)35(2,3)4)38-33(42)37-28-8-6-5-7-25(28)19-24-15-17-40(18-16-24)34(43)36-26-11-14-29-30(20-26)45-22-44-29/h5-14,20-21,24H,15-19,22H2,1-4H3,(H,36,43)(H2,37,38,42). The number of aromatic nitrogens is 2. The first-order valence-corrected chi connectivity index (χ1v) is 15.4. The van der Waals surface area contributed by atoms with Crippen molar-refractivity contribution in [3.05, 3.63) is 89.6 Å². The molecule has 3 heterocycles. The van der Waals surface area contributed by atoms with Gasteiger partial charge in [0.05, 0.1) is 11.4 Å². The molecule has 4 aromatic rings. The number of carbonyl (C=O) groups is 2. The number of carbonyl (C=O) groups excluding carboxylic acids is 2. The predicted molar refractivity (Wildman–Crippen MR) is 176 cm³/mol. The molecular formula is C35H40N6O4. The summed E-state index contributed by atoms with van der Waals surface area (Å²) in [7, 11) is 0. The van der Waals surface area contributed by atoms with Gasteiger partial charge in [-0.25, -0.2) is 14.3 Å². The normalized spacial score (nSPS) is 14.7. The summed E-state index contributed by atoms with van der Waals surface area (Å²) in [5.41, 5.74) is 5.26. The number of likely N-dealkylation sites (tertiary alicyclic amines) is 1. The Morgan fingerprint density at radius 3 is 2.38 bits per heavy atom. The second-order valence-corrected chi connectivity index (χ2v) is 12.8. The number of benzene rings is 3. The van der Waals surface area contributed by atoms with Crippen LogP contribution in [0, 0.1) is 12.8 Å². The van der Waals surface area contributed by atoms with Crippen molar-refractivity contribution in [3.63, 3.8) is 0 Å². The number of ether oxygens (including phenoxy) is 2. The highest BCUT2D eigenvalue weighted by atomic mass is 16.7. The maximum absolute atomic E-state index is 13.3. The highest BCUT2D eigenvalue weighted by molar-refractivity contribution is 6.00. The number of amides is 4. The maximum Gasteiger partial charge on any atom is 0.324 e. The van der Waals surface area contributed by atoms with Crippen LogP contribution in [0.5, 0.6) is 11.5 Å². The monoisotopic (exact) mass is 608 g/mol. The summed E-state index contributed by atoms with van der Waals surface area (Å²) >= 11 is 0. The lowest BCUT2D eigenvalue weighted by atomic mass is 9.89. The molecule has 0 bridgehead atoms. The number of aryl methyl sites for hydroxylation is 1. The van der Waals surface area contributed by atoms with Crippen LogP contribution in [0.4, 0.5) is 26.8 Å². The molecule has 0 atom stereocenters. The first-order chi connectivity index (χ1) is 21.6. The summed E-state index contributed by atoms with van der Waals surface area (Å²) in [6, 6.07) is 22.9. The van der Waals surface area contributed by atoms with Gasteiger partial charge in [-0.05, 0) is 68.0 Å². The number of urea groups is 2. The van der Waals surface area contributed by atoms with Crippen molar-refractivity contribution in [2.45, 2.75) is 52.4 Å². The lowest BCUT2D eigenvalue weighted by Gasteiger charge is -2.32. The molecule has 6 rings (SSSR count). The third-order valence-corrected chi connectivity index (χ3v) is 8.30. The molecule has 2 aliphatic heterocycles. The second-order valence-electron chi connectivity index (χ2n) is 12.8. The molecule has 0 radical (unpaired) electrons. The van der Waals surface area contributed by atoms with Gasteiger partial charge in [0.2, 0.25) is 6.79 Å². The lowest BCUT2D eigenvalue weighted by molar-refractivity contribution is 0.174. The van der Waals surface area contributed by atoms with E-state index < -0.39 is 0 Å². The molecule has 1 saturated heterocycles. The number of piperidine rings is 1. The summed E-state index contributed by atoms with van der Waals surface area (Å²) < 4.78 is 12.6. The Kier molecular flexibility index (Phi) is 8.38. The number of nitrogens with zero attached hydrogens (tertiary/aromatic N) is 3. The fourth-order valence-corrected chi connectivity index (χ4v) is 5.64. The van der Waals surface area contributed by atoms with Crippen LogP contribution >= 0.6 is 0 Å². The first kappa shape index (κ1) is 30.1. The third-order valence-electron chi connectivity index (χ3n) is 8.30. The van der Waals surface area contributed by atoms with Crippen LogP contribution in [0.1, 0.15) is 50.4 Å². The second kappa shape index (κ2) is 12.6. The average Bonchev–Trinajstić information content (AvgIpc) is 3.66. The summed E-state index contributed by atoms with van der Waals surface area (Å²) in [5, 5.41) is 13.9. The molecule has 0 saturated carbocycles. The summed E-state index contributed by atoms with van der Waals surface area (Å²) in [6.45, 7) is 9.87. The molecule has 1 fully saturated rings. The van der Waals surface area contributed by atoms with Gasteiger partial charge >= 0.3 is 12.1 Å². The molecule has 3 N–H and O–H groups in total. The quantitative estimate of drug-likeness (QED) is 0.212. The van der Waals surface area contributed by atoms with Gasteiger partial charge in [0.25, 0.3) is 0 Å². The number of fused-ring (bicyclic) bond motifs is 1. The zero-order valence-electron chi connectivity index (χ0n) is 26.2. The number of anilines is 3. The van der Waals surface area contributed by atoms with Crippen LogP contribution in [-0.4, -0.2) is 46.6 Å². The molecular weight excluding hydrogens is 568 g/mol. The molecule has 0 unspecified atom stereocenters. The van der Waals surface area contributed by atoms with E-state index in [1.54, 1.807) is 16.8 Å². The van der Waals surface area contributed by atoms with Crippen molar-refractivity contribution >= 4 is 29.3 Å². The summed E-state index contributed by atoms with van der Waals surface area (Å²) in [5.74, 6) is 2.32. The number of nitrogens with one attached hydrogen (secondary N) is 3. The SMILES string of the molecule is Cc1ccc(-n2nc(C(C)(C)C)cc2NC(=O)Nc2ccccc2CC2CCN(C(=O)Nc3ccc4c(c3)OCO4)CC2)cc1. The molecule has 10 heteroatoms. The third kappa shape index (κ3) is 7.06. The number of hydrogen-bond acceptors (Lipinski definition) is 5. The minimum atomic E-state index is -0.328. The van der Waals surface area contributed by atoms with Crippen LogP contribution in [0.15, 0.2) is 72.8 Å². The largest absolute Gasteiger partial charge is 0.454 e. The minimum absolute atomic E-state index is 0.120. The predicted octanol–water partition coefficient (Wildman–Crippen LogP) is 7.34. The van der Waals surface area contributed by atoms with Crippen molar-refractivity contribution in [1.29, 1.82) is 0 Å². The fraction of sp³-hybridized carbons (Fsp3) is 0.343. The van der Waals surface area contributed by atoms with Gasteiger partial charge in [0.1, 0.15) is 5.82 Å². The van der Waals surface area contributed by atoms with Gasteiger partial charge in [-0.2, -0.15) is 5.10 Å². The Hall–Kier alpha value is -4.99. The molecule has 2 aliphatic rings. The zero-order valence-corrected chi connectivity index (χ0v) is 26.2. The lowest BCUT2D eigenvalue weighted by Crippen LogP contribution is -2.41. The van der Waals surface area contributed by atoms with Crippen LogP contribution < -0.4 is 25.4 Å². The summed E-state index contributed by atoms with van der Waals surface area (Å²) in [6.07, 6.45) is 2.56. The Labute approximate surface area is 263 Å². The van der Waals surface area contributed by atoms with Gasteiger partial charge in [-0.3, -0.25) is 5.32 Å². The van der Waals surface area contributed by atoms with Crippen molar-refractivity contribution in [1.82, 2.24) is 14.7 Å². The zero-order chi connectivity index (χ0) is 31.6. The smallest absolute Gasteiger partial charge is 0.324 e. The van der Waals surface area contributed by atoms with Crippen LogP contribution in [0.25, 0.3) is 5.69 Å². The molecule has 10 nitrogen and oxygen atoms in total. The van der Waals surface area contributed by atoms with E-state index in [1.807, 2.05) is 66.4 Å². The molecule has 1 aromatic heterocycles. The van der Waals surface area contributed by atoms with E-state index in [1.165, 1.54) is 0 Å². The van der Waals surface area contributed by atoms with E-state index in [4.69, 9.17) is 14.6 Å². The molecule has 234 valence electrons. The van der Waals surface area contributed by atoms with Gasteiger partial charge < -0.3 is 25.0 Å². The van der Waals surface area contributed by atoms with Gasteiger partial charge in [0.15, 0.2) is 11.5 Å². The maximum atomic E-state index is 13.3. The highest BCUT2D eigenvalue weighted by Gasteiger charge is 2.25. The van der Waals surface area contributed by atoms with Crippen LogP contribution in [-0.2, 0) is 11.8 Å². The number of hydrogen-bond donors (Lipinski definition) is 3. The summed E-state index contributed by atoms with van der Waals surface area (Å²) in [4.78, 5) is 28.1. The van der Waals surface area contributed by atoms with Gasteiger partial charge in [-0.15, -0.1) is 0 Å². The molecule has 0 aliphatic carbocycles. The van der Waals surface area contributed by atoms with E-state index in [9.17, 15) is 9.59 Å². The minimum Gasteiger partial charge on any atom is -0.454 e. The van der Waals surface area contributed by atoms with Crippen molar-refractivity contribution < 1.29 is 19.1 Å². The Bertz CT molecular complexity index is 1680. The van der Waals surface area contributed by atoms with Gasteiger partial charge in [-0.1, -0.05) is 56.7 Å². The van der Waals surface area contributed by atoms with Crippen molar-refractivity contribution in [2.24, 2.45) is 5.92 Å². The van der Waals surface area contributed by atoms with Gasteiger partial charge in [0, 0.05) is 42.0 Å². The Balaban J connectivity index is 1.07. The van der Waals surface area contributed by atoms with E-state index in [-0.39, 0.29) is 24.3 Å². The van der Waals surface area contributed by atoms with Crippen molar-refractivity contribution in [2.75, 3.05) is 35.8 Å². The fourth-order valence-electron chi connectivity index (χ4n) is 5.64. The van der Waals surface area contributed by atoms with E-state index in [0.717, 1.165) is 47.5 Å². The van der Waals surface area contributed by atoms with E-state index in [0.29, 0.717) is 42.0 Å². The molecule has 0 spiro atoms. The highest BCUT2D eigenvalue weighted by Crippen LogP contribution is 2.34. The number of rotatable bonds is 6. The molecule has 45 heavy (non-hydrogen) atoms. The molecule has 4 amide bonds. The van der Waals surface area contributed by atoms with E-state index >= 15 is 0 Å². The Morgan fingerprint density at radius 2 is 1.62 bits per heavy atom. The number of para-hydroxylation sites is 1. The van der Waals surface area contributed by atoms with Crippen LogP contribution in [0.2, 0.25) is 0 Å². The van der Waals surface area contributed by atoms with Crippen LogP contribution in [0.3, 0.4) is 0 Å². The van der Waals surface area contributed by atoms with E-state index in [2.05, 4.69) is 42.8 Å². The first-order valence-electron chi connectivity index (χ1n) is 15.4. The molecule has 3 aromatic carbocycles. The average molecular weight is 609 g/mol. The topological polar surface area (TPSA) is 110 Å². The Morgan fingerprint density at radius 1 is 0.889 bits per heavy atom. The van der Waals surface area contributed by atoms with Crippen molar-refractivity contribution in [3.8, 4) is 17.2 Å².